The summed E-state index contributed by atoms with van der Waals surface area (Å²) in [4.78, 5) is 22.7. The Kier molecular flexibility index (Phi) is 8.28. The number of carbonyl (C=O) groups is 2. The van der Waals surface area contributed by atoms with Gasteiger partial charge in [-0.1, -0.05) is 18.2 Å². The smallest absolute Gasteiger partial charge is 0.478 e. The second kappa shape index (κ2) is 10.5. The van der Waals surface area contributed by atoms with Gasteiger partial charge in [0.05, 0.1) is 29.4 Å². The number of benzene rings is 2. The lowest BCUT2D eigenvalue weighted by Crippen LogP contribution is -2.37. The second-order valence-corrected chi connectivity index (χ2v) is 8.46. The maximum absolute atomic E-state index is 12.6. The van der Waals surface area contributed by atoms with E-state index in [-0.39, 0.29) is 16.1 Å². The summed E-state index contributed by atoms with van der Waals surface area (Å²) >= 11 is 0. The molecule has 0 atom stereocenters. The highest BCUT2D eigenvalue weighted by molar-refractivity contribution is 7.92. The van der Waals surface area contributed by atoms with Crippen LogP contribution in [-0.4, -0.2) is 63.0 Å². The number of aryl methyl sites for hydroxylation is 1. The number of hydrogen-bond donors (Lipinski definition) is 3. The summed E-state index contributed by atoms with van der Waals surface area (Å²) in [6.07, 6.45) is -5.08. The van der Waals surface area contributed by atoms with Crippen molar-refractivity contribution in [1.82, 2.24) is 0 Å². The van der Waals surface area contributed by atoms with Gasteiger partial charge in [0.2, 0.25) is 0 Å². The molecular weight excluding hydrogens is 469 g/mol. The van der Waals surface area contributed by atoms with E-state index in [4.69, 9.17) is 14.6 Å². The molecule has 3 rings (SSSR count). The van der Waals surface area contributed by atoms with Crippen molar-refractivity contribution >= 4 is 33.3 Å². The molecule has 1 heterocycles. The van der Waals surface area contributed by atoms with Crippen molar-refractivity contribution in [3.8, 4) is 0 Å². The quantitative estimate of drug-likeness (QED) is 0.583. The van der Waals surface area contributed by atoms with E-state index in [9.17, 15) is 31.5 Å². The molecule has 0 aliphatic carbocycles. The molecule has 13 heteroatoms. The van der Waals surface area contributed by atoms with E-state index in [1.165, 1.54) is 12.1 Å². The Hall–Kier alpha value is -3.32. The number of carboxylic acid groups (broad SMARTS) is 2. The first-order valence-corrected chi connectivity index (χ1v) is 10.9. The summed E-state index contributed by atoms with van der Waals surface area (Å²) in [5.41, 5.74) is 1.43. The first-order valence-electron chi connectivity index (χ1n) is 9.41. The molecule has 2 aromatic carbocycles. The Morgan fingerprint density at radius 3 is 2.15 bits per heavy atom. The number of anilines is 2. The molecule has 0 amide bonds. The molecule has 0 aromatic heterocycles. The minimum absolute atomic E-state index is 0.0527. The zero-order valence-electron chi connectivity index (χ0n) is 17.3. The minimum Gasteiger partial charge on any atom is -0.478 e. The van der Waals surface area contributed by atoms with Crippen LogP contribution in [0.2, 0.25) is 0 Å². The van der Waals surface area contributed by atoms with Crippen molar-refractivity contribution in [3.05, 3.63) is 53.6 Å². The SMILES string of the molecule is Cc1ccccc1S(=O)(=O)Nc1ccc(N2CCOCC2)c(C(=O)O)c1.O=C(O)C(F)(F)F. The summed E-state index contributed by atoms with van der Waals surface area (Å²) in [5, 5.41) is 16.7. The van der Waals surface area contributed by atoms with Crippen LogP contribution in [-0.2, 0) is 19.6 Å². The molecule has 1 fully saturated rings. The van der Waals surface area contributed by atoms with Crippen molar-refractivity contribution in [3.63, 3.8) is 0 Å². The fraction of sp³-hybridized carbons (Fsp3) is 0.300. The number of hydrogen-bond acceptors (Lipinski definition) is 6. The number of rotatable bonds is 5. The molecule has 9 nitrogen and oxygen atoms in total. The maximum atomic E-state index is 12.6. The largest absolute Gasteiger partial charge is 0.490 e. The van der Waals surface area contributed by atoms with Crippen molar-refractivity contribution in [2.75, 3.05) is 35.9 Å². The summed E-state index contributed by atoms with van der Waals surface area (Å²) in [6, 6.07) is 11.2. The van der Waals surface area contributed by atoms with Gasteiger partial charge in [0.25, 0.3) is 10.0 Å². The van der Waals surface area contributed by atoms with Gasteiger partial charge in [0.1, 0.15) is 0 Å². The number of morpholine rings is 1. The number of sulfonamides is 1. The lowest BCUT2D eigenvalue weighted by Gasteiger charge is -2.30. The summed E-state index contributed by atoms with van der Waals surface area (Å²) in [6.45, 7) is 3.95. The number of nitrogens with one attached hydrogen (secondary N) is 1. The number of halogens is 3. The van der Waals surface area contributed by atoms with Gasteiger partial charge in [-0.2, -0.15) is 13.2 Å². The Morgan fingerprint density at radius 1 is 1.06 bits per heavy atom. The molecule has 33 heavy (non-hydrogen) atoms. The number of aliphatic carboxylic acids is 1. The number of alkyl halides is 3. The first kappa shape index (κ1) is 25.9. The predicted molar refractivity (Wildman–Crippen MR) is 112 cm³/mol. The van der Waals surface area contributed by atoms with Gasteiger partial charge in [-0.3, -0.25) is 4.72 Å². The number of carboxylic acids is 2. The molecule has 1 aliphatic heterocycles. The standard InChI is InChI=1S/C18H20N2O5S.C2HF3O2/c1-13-4-2-3-5-17(13)26(23,24)19-14-6-7-16(15(12-14)18(21)22)20-8-10-25-11-9-20;3-2(4,5)1(6)7/h2-7,12,19H,8-11H2,1H3,(H,21,22);(H,6,7). The summed E-state index contributed by atoms with van der Waals surface area (Å²) in [7, 11) is -3.80. The van der Waals surface area contributed by atoms with Crippen LogP contribution in [0.5, 0.6) is 0 Å². The fourth-order valence-electron chi connectivity index (χ4n) is 2.92. The zero-order valence-corrected chi connectivity index (χ0v) is 18.1. The van der Waals surface area contributed by atoms with Gasteiger partial charge in [-0.05, 0) is 36.8 Å². The third kappa shape index (κ3) is 7.08. The third-order valence-corrected chi connectivity index (χ3v) is 6.00. The highest BCUT2D eigenvalue weighted by Gasteiger charge is 2.38. The predicted octanol–water partition coefficient (Wildman–Crippen LogP) is 2.96. The van der Waals surface area contributed by atoms with Gasteiger partial charge in [-0.15, -0.1) is 0 Å². The van der Waals surface area contributed by atoms with Crippen LogP contribution in [0.4, 0.5) is 24.5 Å². The van der Waals surface area contributed by atoms with Gasteiger partial charge < -0.3 is 19.8 Å². The van der Waals surface area contributed by atoms with Crippen LogP contribution in [0.25, 0.3) is 0 Å². The van der Waals surface area contributed by atoms with E-state index in [0.717, 1.165) is 0 Å². The monoisotopic (exact) mass is 490 g/mol. The third-order valence-electron chi connectivity index (χ3n) is 4.46. The van der Waals surface area contributed by atoms with Gasteiger partial charge in [0.15, 0.2) is 0 Å². The topological polar surface area (TPSA) is 133 Å². The lowest BCUT2D eigenvalue weighted by molar-refractivity contribution is -0.192. The molecule has 180 valence electrons. The van der Waals surface area contributed by atoms with Crippen molar-refractivity contribution in [2.24, 2.45) is 0 Å². The fourth-order valence-corrected chi connectivity index (χ4v) is 4.22. The molecule has 2 aromatic rings. The Bertz CT molecular complexity index is 1110. The number of nitrogens with zero attached hydrogens (tertiary/aromatic N) is 1. The zero-order chi connectivity index (χ0) is 24.8. The van der Waals surface area contributed by atoms with Gasteiger partial charge in [-0.25, -0.2) is 18.0 Å². The average Bonchev–Trinajstić information content (AvgIpc) is 2.74. The Morgan fingerprint density at radius 2 is 1.64 bits per heavy atom. The Balaban J connectivity index is 0.000000479. The van der Waals surface area contributed by atoms with E-state index in [1.54, 1.807) is 37.3 Å². The van der Waals surface area contributed by atoms with Crippen molar-refractivity contribution in [1.29, 1.82) is 0 Å². The summed E-state index contributed by atoms with van der Waals surface area (Å²) in [5.74, 6) is -3.86. The van der Waals surface area contributed by atoms with Crippen LogP contribution >= 0.6 is 0 Å². The number of ether oxygens (including phenoxy) is 1. The highest BCUT2D eigenvalue weighted by atomic mass is 32.2. The molecule has 1 saturated heterocycles. The average molecular weight is 490 g/mol. The van der Waals surface area contributed by atoms with Crippen LogP contribution in [0, 0.1) is 6.92 Å². The van der Waals surface area contributed by atoms with Crippen molar-refractivity contribution in [2.45, 2.75) is 18.0 Å². The van der Waals surface area contributed by atoms with Crippen LogP contribution in [0.1, 0.15) is 15.9 Å². The highest BCUT2D eigenvalue weighted by Crippen LogP contribution is 2.27. The Labute approximate surface area is 187 Å². The van der Waals surface area contributed by atoms with E-state index in [1.807, 2.05) is 4.90 Å². The molecule has 0 saturated carbocycles. The van der Waals surface area contributed by atoms with Crippen LogP contribution in [0.3, 0.4) is 0 Å². The van der Waals surface area contributed by atoms with Crippen LogP contribution in [0.15, 0.2) is 47.4 Å². The van der Waals surface area contributed by atoms with E-state index in [2.05, 4.69) is 4.72 Å². The first-order chi connectivity index (χ1) is 15.3. The molecular formula is C20H21F3N2O7S. The van der Waals surface area contributed by atoms with Crippen molar-refractivity contribution < 1.29 is 46.1 Å². The second-order valence-electron chi connectivity index (χ2n) is 6.81. The minimum atomic E-state index is -5.08. The molecule has 1 aliphatic rings. The molecule has 3 N–H and O–H groups in total. The van der Waals surface area contributed by atoms with E-state index >= 15 is 0 Å². The maximum Gasteiger partial charge on any atom is 0.490 e. The normalized spacial score (nSPS) is 14.1. The molecule has 0 spiro atoms. The van der Waals surface area contributed by atoms with E-state index in [0.29, 0.717) is 37.6 Å². The molecule has 0 bridgehead atoms. The van der Waals surface area contributed by atoms with Gasteiger partial charge >= 0.3 is 18.1 Å². The van der Waals surface area contributed by atoms with Crippen LogP contribution < -0.4 is 9.62 Å². The summed E-state index contributed by atoms with van der Waals surface area (Å²) < 4.78 is 64.7. The molecule has 0 radical (unpaired) electrons. The lowest BCUT2D eigenvalue weighted by atomic mass is 10.1. The number of aromatic carboxylic acids is 1. The molecule has 0 unspecified atom stereocenters. The van der Waals surface area contributed by atoms with E-state index < -0.39 is 28.1 Å². The van der Waals surface area contributed by atoms with Gasteiger partial charge in [0, 0.05) is 18.8 Å².